The summed E-state index contributed by atoms with van der Waals surface area (Å²) in [4.78, 5) is 10.0. The number of nitrogens with one attached hydrogen (secondary N) is 1. The first-order valence-corrected chi connectivity index (χ1v) is 5.27. The van der Waals surface area contributed by atoms with Crippen molar-refractivity contribution >= 4 is 11.5 Å². The molecule has 0 amide bonds. The van der Waals surface area contributed by atoms with Gasteiger partial charge in [0.2, 0.25) is 11.6 Å². The lowest BCUT2D eigenvalue weighted by atomic mass is 10.2. The highest BCUT2D eigenvalue weighted by Gasteiger charge is 2.19. The molecule has 1 aromatic heterocycles. The van der Waals surface area contributed by atoms with Gasteiger partial charge in [0.1, 0.15) is 11.7 Å². The number of nitrogen functional groups attached to an aromatic ring is 1. The Labute approximate surface area is 111 Å². The maximum atomic E-state index is 13.0. The van der Waals surface area contributed by atoms with Gasteiger partial charge in [0.15, 0.2) is 0 Å². The number of hydrogen-bond donors (Lipinski definition) is 2. The molecule has 0 bridgehead atoms. The minimum atomic E-state index is -0.789. The fourth-order valence-corrected chi connectivity index (χ4v) is 1.42. The van der Waals surface area contributed by atoms with Crippen molar-refractivity contribution in [3.63, 3.8) is 0 Å². The number of aromatic nitrogens is 2. The molecule has 0 unspecified atom stereocenters. The van der Waals surface area contributed by atoms with E-state index in [0.29, 0.717) is 0 Å². The standard InChI is InChI=1S/C11H8FN5O3/c12-6-1-2-9(8(5-6)17(18)19)20-11-7(10(13)14)3-4-15-16-11/h1-5H,(H3,13,14). The zero-order valence-corrected chi connectivity index (χ0v) is 9.91. The van der Waals surface area contributed by atoms with Crippen LogP contribution in [0.5, 0.6) is 11.6 Å². The third-order valence-electron chi connectivity index (χ3n) is 2.30. The minimum absolute atomic E-state index is 0.124. The third kappa shape index (κ3) is 2.66. The van der Waals surface area contributed by atoms with Gasteiger partial charge in [0, 0.05) is 0 Å². The number of nitro groups is 1. The van der Waals surface area contributed by atoms with E-state index in [2.05, 4.69) is 10.2 Å². The summed E-state index contributed by atoms with van der Waals surface area (Å²) in [6.07, 6.45) is 1.29. The van der Waals surface area contributed by atoms with Crippen molar-refractivity contribution in [1.82, 2.24) is 10.2 Å². The van der Waals surface area contributed by atoms with Gasteiger partial charge in [-0.2, -0.15) is 5.10 Å². The average molecular weight is 277 g/mol. The highest BCUT2D eigenvalue weighted by atomic mass is 19.1. The molecular formula is C11H8FN5O3. The Balaban J connectivity index is 2.45. The van der Waals surface area contributed by atoms with Crippen LogP contribution in [-0.4, -0.2) is 21.0 Å². The fraction of sp³-hybridized carbons (Fsp3) is 0. The number of amidine groups is 1. The van der Waals surface area contributed by atoms with Crippen LogP contribution in [-0.2, 0) is 0 Å². The van der Waals surface area contributed by atoms with E-state index in [4.69, 9.17) is 15.9 Å². The number of rotatable bonds is 4. The molecule has 0 fully saturated rings. The van der Waals surface area contributed by atoms with Crippen LogP contribution in [0.2, 0.25) is 0 Å². The summed E-state index contributed by atoms with van der Waals surface area (Å²) >= 11 is 0. The molecule has 20 heavy (non-hydrogen) atoms. The summed E-state index contributed by atoms with van der Waals surface area (Å²) in [6.45, 7) is 0. The van der Waals surface area contributed by atoms with E-state index < -0.39 is 16.4 Å². The molecule has 0 saturated heterocycles. The Kier molecular flexibility index (Phi) is 3.51. The molecule has 8 nitrogen and oxygen atoms in total. The quantitative estimate of drug-likeness (QED) is 0.378. The molecule has 0 aliphatic rings. The number of halogens is 1. The molecular weight excluding hydrogens is 269 g/mol. The molecule has 102 valence electrons. The maximum absolute atomic E-state index is 13.0. The van der Waals surface area contributed by atoms with Crippen molar-refractivity contribution < 1.29 is 14.1 Å². The second-order valence-corrected chi connectivity index (χ2v) is 3.63. The number of nitrogens with zero attached hydrogens (tertiary/aromatic N) is 3. The van der Waals surface area contributed by atoms with Gasteiger partial charge in [-0.05, 0) is 18.2 Å². The first kappa shape index (κ1) is 13.3. The van der Waals surface area contributed by atoms with Crippen molar-refractivity contribution in [2.75, 3.05) is 0 Å². The van der Waals surface area contributed by atoms with Crippen molar-refractivity contribution in [2.24, 2.45) is 5.73 Å². The number of ether oxygens (including phenoxy) is 1. The van der Waals surface area contributed by atoms with Crippen LogP contribution < -0.4 is 10.5 Å². The zero-order chi connectivity index (χ0) is 14.7. The molecule has 0 radical (unpaired) electrons. The van der Waals surface area contributed by atoms with E-state index in [1.54, 1.807) is 0 Å². The lowest BCUT2D eigenvalue weighted by Gasteiger charge is -2.08. The first-order chi connectivity index (χ1) is 9.49. The number of nitro benzene ring substituents is 1. The smallest absolute Gasteiger partial charge is 0.314 e. The molecule has 1 aromatic carbocycles. The van der Waals surface area contributed by atoms with Gasteiger partial charge in [0.25, 0.3) is 0 Å². The average Bonchev–Trinajstić information content (AvgIpc) is 2.41. The van der Waals surface area contributed by atoms with Crippen molar-refractivity contribution in [3.05, 3.63) is 52.0 Å². The molecule has 0 spiro atoms. The Hall–Kier alpha value is -3.10. The van der Waals surface area contributed by atoms with Crippen molar-refractivity contribution in [1.29, 1.82) is 5.41 Å². The van der Waals surface area contributed by atoms with Crippen LogP contribution >= 0.6 is 0 Å². The molecule has 9 heteroatoms. The molecule has 2 rings (SSSR count). The van der Waals surface area contributed by atoms with E-state index in [9.17, 15) is 14.5 Å². The van der Waals surface area contributed by atoms with E-state index in [-0.39, 0.29) is 23.0 Å². The van der Waals surface area contributed by atoms with Crippen LogP contribution in [0.4, 0.5) is 10.1 Å². The van der Waals surface area contributed by atoms with Gasteiger partial charge < -0.3 is 10.5 Å². The highest BCUT2D eigenvalue weighted by Crippen LogP contribution is 2.31. The summed E-state index contributed by atoms with van der Waals surface area (Å²) in [5.41, 5.74) is 4.89. The predicted octanol–water partition coefficient (Wildman–Crippen LogP) is 1.60. The topological polar surface area (TPSA) is 128 Å². The van der Waals surface area contributed by atoms with E-state index in [1.807, 2.05) is 0 Å². The Morgan fingerprint density at radius 3 is 2.85 bits per heavy atom. The van der Waals surface area contributed by atoms with Crippen LogP contribution in [0, 0.1) is 21.3 Å². The second-order valence-electron chi connectivity index (χ2n) is 3.63. The second kappa shape index (κ2) is 5.26. The number of hydrogen-bond acceptors (Lipinski definition) is 6. The van der Waals surface area contributed by atoms with Gasteiger partial charge in [-0.15, -0.1) is 5.10 Å². The maximum Gasteiger partial charge on any atom is 0.314 e. The number of nitrogens with two attached hydrogens (primary N) is 1. The van der Waals surface area contributed by atoms with E-state index in [1.165, 1.54) is 12.3 Å². The van der Waals surface area contributed by atoms with Gasteiger partial charge in [-0.25, -0.2) is 4.39 Å². The molecule has 0 aliphatic heterocycles. The zero-order valence-electron chi connectivity index (χ0n) is 9.91. The summed E-state index contributed by atoms with van der Waals surface area (Å²) in [5.74, 6) is -1.50. The molecule has 0 aliphatic carbocycles. The SMILES string of the molecule is N=C(N)c1ccnnc1Oc1ccc(F)cc1[N+](=O)[O-]. The van der Waals surface area contributed by atoms with Gasteiger partial charge in [-0.3, -0.25) is 15.5 Å². The molecule has 1 heterocycles. The first-order valence-electron chi connectivity index (χ1n) is 5.27. The van der Waals surface area contributed by atoms with Crippen LogP contribution in [0.15, 0.2) is 30.5 Å². The van der Waals surface area contributed by atoms with Crippen molar-refractivity contribution in [3.8, 4) is 11.6 Å². The Bertz CT molecular complexity index is 692. The van der Waals surface area contributed by atoms with Gasteiger partial charge in [0.05, 0.1) is 22.7 Å². The van der Waals surface area contributed by atoms with E-state index in [0.717, 1.165) is 18.2 Å². The summed E-state index contributed by atoms with van der Waals surface area (Å²) in [6, 6.07) is 4.19. The lowest BCUT2D eigenvalue weighted by Crippen LogP contribution is -2.13. The largest absolute Gasteiger partial charge is 0.430 e. The van der Waals surface area contributed by atoms with Crippen LogP contribution in [0.3, 0.4) is 0 Å². The number of benzene rings is 1. The normalized spacial score (nSPS) is 10.1. The molecule has 0 saturated carbocycles. The van der Waals surface area contributed by atoms with Crippen LogP contribution in [0.25, 0.3) is 0 Å². The summed E-state index contributed by atoms with van der Waals surface area (Å²) < 4.78 is 18.2. The summed E-state index contributed by atoms with van der Waals surface area (Å²) in [7, 11) is 0. The summed E-state index contributed by atoms with van der Waals surface area (Å²) in [5, 5.41) is 25.3. The minimum Gasteiger partial charge on any atom is -0.430 e. The highest BCUT2D eigenvalue weighted by molar-refractivity contribution is 5.97. The molecule has 0 atom stereocenters. The Morgan fingerprint density at radius 2 is 2.20 bits per heavy atom. The van der Waals surface area contributed by atoms with Gasteiger partial charge in [-0.1, -0.05) is 0 Å². The fourth-order valence-electron chi connectivity index (χ4n) is 1.42. The lowest BCUT2D eigenvalue weighted by molar-refractivity contribution is -0.385. The predicted molar refractivity (Wildman–Crippen MR) is 66.2 cm³/mol. The Morgan fingerprint density at radius 1 is 1.45 bits per heavy atom. The van der Waals surface area contributed by atoms with Crippen LogP contribution in [0.1, 0.15) is 5.56 Å². The molecule has 2 aromatic rings. The van der Waals surface area contributed by atoms with Crippen molar-refractivity contribution in [2.45, 2.75) is 0 Å². The van der Waals surface area contributed by atoms with Gasteiger partial charge >= 0.3 is 5.69 Å². The monoisotopic (exact) mass is 277 g/mol. The van der Waals surface area contributed by atoms with E-state index >= 15 is 0 Å². The molecule has 3 N–H and O–H groups in total. The third-order valence-corrected chi connectivity index (χ3v) is 2.30.